The van der Waals surface area contributed by atoms with Crippen LogP contribution in [0.1, 0.15) is 23.1 Å². The third-order valence-electron chi connectivity index (χ3n) is 5.23. The van der Waals surface area contributed by atoms with Crippen LogP contribution < -0.4 is 5.32 Å². The summed E-state index contributed by atoms with van der Waals surface area (Å²) in [6.45, 7) is 2.84. The van der Waals surface area contributed by atoms with Gasteiger partial charge in [0.2, 0.25) is 5.91 Å². The van der Waals surface area contributed by atoms with Crippen molar-refractivity contribution < 1.29 is 4.79 Å². The Morgan fingerprint density at radius 3 is 2.63 bits per heavy atom. The van der Waals surface area contributed by atoms with E-state index < -0.39 is 0 Å². The summed E-state index contributed by atoms with van der Waals surface area (Å²) in [4.78, 5) is 14.4. The molecule has 1 aliphatic heterocycles. The minimum Gasteiger partial charge on any atom is -0.341 e. The van der Waals surface area contributed by atoms with Gasteiger partial charge in [0.05, 0.1) is 18.1 Å². The van der Waals surface area contributed by atoms with E-state index in [1.165, 1.54) is 23.7 Å². The number of nitrogens with one attached hydrogen (secondary N) is 1. The highest BCUT2D eigenvalue weighted by atomic mass is 32.1. The number of nitrogens with zero attached hydrogens (tertiary/aromatic N) is 3. The Morgan fingerprint density at radius 1 is 1.11 bits per heavy atom. The maximum absolute atomic E-state index is 12.6. The normalized spacial score (nSPS) is 16.7. The molecule has 1 fully saturated rings. The smallest absolute Gasteiger partial charge is 0.227 e. The minimum atomic E-state index is 0.124. The van der Waals surface area contributed by atoms with Crippen LogP contribution in [-0.2, 0) is 24.2 Å². The SMILES string of the molecule is CN(Cc1ccc2nsnc2c1)C(=O)Cc1ccc(CC2CCNC2)cc1. The standard InChI is InChI=1S/C21H24N4OS/c1-25(14-18-6-7-19-20(11-18)24-27-23-19)21(26)12-16-4-2-15(3-5-16)10-17-8-9-22-13-17/h2-7,11,17,22H,8-10,12-14H2,1H3. The van der Waals surface area contributed by atoms with Crippen LogP contribution in [0, 0.1) is 5.92 Å². The predicted octanol–water partition coefficient (Wildman–Crippen LogP) is 3.04. The summed E-state index contributed by atoms with van der Waals surface area (Å²) in [6.07, 6.45) is 2.81. The van der Waals surface area contributed by atoms with Gasteiger partial charge < -0.3 is 10.2 Å². The van der Waals surface area contributed by atoms with Crippen LogP contribution in [0.4, 0.5) is 0 Å². The molecule has 1 unspecified atom stereocenters. The number of rotatable bonds is 6. The molecule has 5 nitrogen and oxygen atoms in total. The van der Waals surface area contributed by atoms with E-state index in [2.05, 4.69) is 38.3 Å². The Balaban J connectivity index is 1.33. The van der Waals surface area contributed by atoms with Gasteiger partial charge in [0, 0.05) is 13.6 Å². The number of hydrogen-bond donors (Lipinski definition) is 1. The first-order chi connectivity index (χ1) is 13.2. The molecule has 1 atom stereocenters. The molecule has 1 amide bonds. The van der Waals surface area contributed by atoms with Crippen molar-refractivity contribution in [2.45, 2.75) is 25.8 Å². The number of likely N-dealkylation sites (N-methyl/N-ethyl adjacent to an activating group) is 1. The van der Waals surface area contributed by atoms with Crippen LogP contribution in [0.2, 0.25) is 0 Å². The van der Waals surface area contributed by atoms with Crippen LogP contribution in [0.3, 0.4) is 0 Å². The fraction of sp³-hybridized carbons (Fsp3) is 0.381. The topological polar surface area (TPSA) is 58.1 Å². The van der Waals surface area contributed by atoms with E-state index in [1.807, 2.05) is 25.2 Å². The molecule has 140 valence electrons. The molecule has 4 rings (SSSR count). The summed E-state index contributed by atoms with van der Waals surface area (Å²) in [5.41, 5.74) is 5.31. The molecule has 1 aliphatic rings. The van der Waals surface area contributed by atoms with Crippen molar-refractivity contribution in [2.24, 2.45) is 5.92 Å². The third-order valence-corrected chi connectivity index (χ3v) is 5.79. The highest BCUT2D eigenvalue weighted by Gasteiger charge is 2.15. The zero-order chi connectivity index (χ0) is 18.6. The number of fused-ring (bicyclic) bond motifs is 1. The van der Waals surface area contributed by atoms with Crippen molar-refractivity contribution in [1.82, 2.24) is 19.0 Å². The lowest BCUT2D eigenvalue weighted by molar-refractivity contribution is -0.129. The quantitative estimate of drug-likeness (QED) is 0.714. The highest BCUT2D eigenvalue weighted by Crippen LogP contribution is 2.17. The Bertz CT molecular complexity index is 915. The van der Waals surface area contributed by atoms with E-state index in [4.69, 9.17) is 0 Å². The van der Waals surface area contributed by atoms with Gasteiger partial charge in [0.1, 0.15) is 11.0 Å². The number of amides is 1. The van der Waals surface area contributed by atoms with Gasteiger partial charge in [-0.05, 0) is 60.7 Å². The molecule has 0 saturated carbocycles. The first-order valence-corrected chi connectivity index (χ1v) is 10.1. The van der Waals surface area contributed by atoms with E-state index in [0.29, 0.717) is 13.0 Å². The molecular weight excluding hydrogens is 356 g/mol. The van der Waals surface area contributed by atoms with Gasteiger partial charge in [-0.25, -0.2) is 0 Å². The Hall–Kier alpha value is -2.31. The lowest BCUT2D eigenvalue weighted by Crippen LogP contribution is -2.27. The molecule has 1 aromatic heterocycles. The zero-order valence-electron chi connectivity index (χ0n) is 15.5. The molecule has 2 aromatic carbocycles. The van der Waals surface area contributed by atoms with Crippen LogP contribution in [0.5, 0.6) is 0 Å². The maximum Gasteiger partial charge on any atom is 0.227 e. The number of benzene rings is 2. The molecule has 6 heteroatoms. The zero-order valence-corrected chi connectivity index (χ0v) is 16.3. The van der Waals surface area contributed by atoms with Crippen molar-refractivity contribution in [3.8, 4) is 0 Å². The average molecular weight is 381 g/mol. The summed E-state index contributed by atoms with van der Waals surface area (Å²) in [7, 11) is 1.85. The number of carbonyl (C=O) groups excluding carboxylic acids is 1. The van der Waals surface area contributed by atoms with Crippen molar-refractivity contribution in [1.29, 1.82) is 0 Å². The van der Waals surface area contributed by atoms with Crippen molar-refractivity contribution in [3.63, 3.8) is 0 Å². The van der Waals surface area contributed by atoms with Gasteiger partial charge >= 0.3 is 0 Å². The van der Waals surface area contributed by atoms with Crippen LogP contribution in [-0.4, -0.2) is 39.7 Å². The van der Waals surface area contributed by atoms with Crippen molar-refractivity contribution >= 4 is 28.7 Å². The van der Waals surface area contributed by atoms with Gasteiger partial charge in [-0.2, -0.15) is 8.75 Å². The van der Waals surface area contributed by atoms with Crippen molar-refractivity contribution in [2.75, 3.05) is 20.1 Å². The molecule has 0 aliphatic carbocycles. The van der Waals surface area contributed by atoms with Gasteiger partial charge in [-0.15, -0.1) is 0 Å². The molecule has 27 heavy (non-hydrogen) atoms. The number of aromatic nitrogens is 2. The molecule has 3 aromatic rings. The Kier molecular flexibility index (Phi) is 5.45. The molecule has 0 radical (unpaired) electrons. The van der Waals surface area contributed by atoms with E-state index >= 15 is 0 Å². The minimum absolute atomic E-state index is 0.124. The highest BCUT2D eigenvalue weighted by molar-refractivity contribution is 7.00. The average Bonchev–Trinajstić information content (AvgIpc) is 3.34. The second kappa shape index (κ2) is 8.15. The lowest BCUT2D eigenvalue weighted by atomic mass is 9.97. The number of hydrogen-bond acceptors (Lipinski definition) is 5. The van der Waals surface area contributed by atoms with Crippen LogP contribution >= 0.6 is 11.7 Å². The Morgan fingerprint density at radius 2 is 1.85 bits per heavy atom. The van der Waals surface area contributed by atoms with Gasteiger partial charge in [-0.1, -0.05) is 30.3 Å². The van der Waals surface area contributed by atoms with Crippen LogP contribution in [0.25, 0.3) is 11.0 Å². The summed E-state index contributed by atoms with van der Waals surface area (Å²) >= 11 is 1.22. The van der Waals surface area contributed by atoms with Gasteiger partial charge in [0.15, 0.2) is 0 Å². The van der Waals surface area contributed by atoms with Crippen LogP contribution in [0.15, 0.2) is 42.5 Å². The summed E-state index contributed by atoms with van der Waals surface area (Å²) in [5, 5.41) is 3.41. The van der Waals surface area contributed by atoms with Gasteiger partial charge in [0.25, 0.3) is 0 Å². The second-order valence-electron chi connectivity index (χ2n) is 7.39. The molecule has 1 saturated heterocycles. The first kappa shape index (κ1) is 18.1. The fourth-order valence-corrected chi connectivity index (χ4v) is 4.13. The van der Waals surface area contributed by atoms with E-state index in [0.717, 1.165) is 47.6 Å². The largest absolute Gasteiger partial charge is 0.341 e. The van der Waals surface area contributed by atoms with Crippen molar-refractivity contribution in [3.05, 3.63) is 59.2 Å². The summed E-state index contributed by atoms with van der Waals surface area (Å²) in [5.74, 6) is 0.869. The molecule has 0 spiro atoms. The lowest BCUT2D eigenvalue weighted by Gasteiger charge is -2.17. The summed E-state index contributed by atoms with van der Waals surface area (Å²) in [6, 6.07) is 14.5. The summed E-state index contributed by atoms with van der Waals surface area (Å²) < 4.78 is 8.48. The molecule has 0 bridgehead atoms. The molecule has 1 N–H and O–H groups in total. The van der Waals surface area contributed by atoms with E-state index in [9.17, 15) is 4.79 Å². The molecular formula is C21H24N4OS. The fourth-order valence-electron chi connectivity index (χ4n) is 3.61. The predicted molar refractivity (Wildman–Crippen MR) is 109 cm³/mol. The monoisotopic (exact) mass is 380 g/mol. The molecule has 2 heterocycles. The first-order valence-electron chi connectivity index (χ1n) is 9.41. The third kappa shape index (κ3) is 4.51. The second-order valence-corrected chi connectivity index (χ2v) is 7.92. The van der Waals surface area contributed by atoms with Gasteiger partial charge in [-0.3, -0.25) is 4.79 Å². The maximum atomic E-state index is 12.6. The van der Waals surface area contributed by atoms with E-state index in [-0.39, 0.29) is 5.91 Å². The Labute approximate surface area is 163 Å². The van der Waals surface area contributed by atoms with E-state index in [1.54, 1.807) is 4.90 Å². The number of carbonyl (C=O) groups is 1.